The van der Waals surface area contributed by atoms with Gasteiger partial charge in [0.1, 0.15) is 0 Å². The highest BCUT2D eigenvalue weighted by molar-refractivity contribution is 5.87. The second kappa shape index (κ2) is 8.30. The Labute approximate surface area is 111 Å². The van der Waals surface area contributed by atoms with E-state index < -0.39 is 0 Å². The van der Waals surface area contributed by atoms with E-state index in [1.165, 1.54) is 39.2 Å². The van der Waals surface area contributed by atoms with Gasteiger partial charge in [-0.1, -0.05) is 32.3 Å². The smallest absolute Gasteiger partial charge is 0.333 e. The largest absolute Gasteiger partial charge is 0.466 e. The Hall–Kier alpha value is -0.830. The average molecular weight is 253 g/mol. The normalized spacial score (nSPS) is 24.9. The van der Waals surface area contributed by atoms with Gasteiger partial charge in [-0.25, -0.2) is 4.79 Å². The highest BCUT2D eigenvalue weighted by atomic mass is 16.5. The quantitative estimate of drug-likeness (QED) is 0.449. The molecule has 0 aromatic heterocycles. The van der Waals surface area contributed by atoms with Crippen molar-refractivity contribution in [1.82, 2.24) is 5.32 Å². The first-order valence-electron chi connectivity index (χ1n) is 7.13. The molecular weight excluding hydrogens is 226 g/mol. The lowest BCUT2D eigenvalue weighted by Gasteiger charge is -2.27. The molecule has 1 aliphatic carbocycles. The monoisotopic (exact) mass is 253 g/mol. The maximum Gasteiger partial charge on any atom is 0.333 e. The van der Waals surface area contributed by atoms with Crippen LogP contribution in [-0.2, 0) is 9.53 Å². The summed E-state index contributed by atoms with van der Waals surface area (Å²) in [6.07, 6.45) is 8.72. The Bertz CT molecular complexity index is 278. The van der Waals surface area contributed by atoms with Crippen molar-refractivity contribution in [3.8, 4) is 0 Å². The first-order chi connectivity index (χ1) is 8.67. The van der Waals surface area contributed by atoms with E-state index in [1.54, 1.807) is 6.92 Å². The number of esters is 1. The zero-order valence-electron chi connectivity index (χ0n) is 12.0. The van der Waals surface area contributed by atoms with Gasteiger partial charge in [-0.3, -0.25) is 0 Å². The van der Waals surface area contributed by atoms with E-state index in [9.17, 15) is 4.79 Å². The molecule has 0 aliphatic heterocycles. The van der Waals surface area contributed by atoms with Crippen molar-refractivity contribution in [3.63, 3.8) is 0 Å². The van der Waals surface area contributed by atoms with Crippen molar-refractivity contribution < 1.29 is 9.53 Å². The third kappa shape index (κ3) is 5.21. The van der Waals surface area contributed by atoms with Crippen LogP contribution in [0.1, 0.15) is 46.0 Å². The van der Waals surface area contributed by atoms with Crippen molar-refractivity contribution in [2.24, 2.45) is 11.8 Å². The third-order valence-electron chi connectivity index (χ3n) is 4.04. The Morgan fingerprint density at radius 1 is 1.28 bits per heavy atom. The van der Waals surface area contributed by atoms with Crippen LogP contribution in [0.5, 0.6) is 0 Å². The van der Waals surface area contributed by atoms with Gasteiger partial charge >= 0.3 is 5.97 Å². The van der Waals surface area contributed by atoms with Crippen molar-refractivity contribution >= 4 is 5.97 Å². The molecule has 1 saturated carbocycles. The van der Waals surface area contributed by atoms with Crippen LogP contribution in [0.15, 0.2) is 11.6 Å². The average Bonchev–Trinajstić information content (AvgIpc) is 2.43. The highest BCUT2D eigenvalue weighted by Gasteiger charge is 2.19. The van der Waals surface area contributed by atoms with E-state index in [-0.39, 0.29) is 5.97 Å². The molecule has 0 aromatic carbocycles. The number of ether oxygens (including phenoxy) is 1. The molecule has 0 heterocycles. The molecule has 104 valence electrons. The highest BCUT2D eigenvalue weighted by Crippen LogP contribution is 2.29. The number of hydrogen-bond donors (Lipinski definition) is 1. The summed E-state index contributed by atoms with van der Waals surface area (Å²) >= 11 is 0. The fourth-order valence-corrected chi connectivity index (χ4v) is 2.60. The minimum atomic E-state index is -0.236. The number of methoxy groups -OCH3 is 1. The van der Waals surface area contributed by atoms with Crippen molar-refractivity contribution in [3.05, 3.63) is 11.6 Å². The van der Waals surface area contributed by atoms with Crippen LogP contribution >= 0.6 is 0 Å². The van der Waals surface area contributed by atoms with E-state index in [1.807, 2.05) is 6.08 Å². The molecule has 0 unspecified atom stereocenters. The summed E-state index contributed by atoms with van der Waals surface area (Å²) in [4.78, 5) is 11.2. The van der Waals surface area contributed by atoms with Gasteiger partial charge in [0, 0.05) is 12.1 Å². The maximum absolute atomic E-state index is 11.2. The zero-order valence-corrected chi connectivity index (χ0v) is 12.0. The van der Waals surface area contributed by atoms with Crippen LogP contribution < -0.4 is 5.32 Å². The standard InChI is InChI=1S/C15H27NO2/c1-4-13-5-7-14(8-6-13)11-16-10-9-12(2)15(17)18-3/h9,13-14,16H,4-8,10-11H2,1-3H3/b12-9-. The molecule has 1 aliphatic rings. The lowest BCUT2D eigenvalue weighted by Crippen LogP contribution is -2.26. The van der Waals surface area contributed by atoms with E-state index in [2.05, 4.69) is 17.0 Å². The summed E-state index contributed by atoms with van der Waals surface area (Å²) < 4.78 is 4.65. The molecule has 3 heteroatoms. The summed E-state index contributed by atoms with van der Waals surface area (Å²) in [5, 5.41) is 3.41. The number of rotatable bonds is 6. The van der Waals surface area contributed by atoms with Gasteiger partial charge in [-0.15, -0.1) is 0 Å². The number of carbonyl (C=O) groups excluding carboxylic acids is 1. The van der Waals surface area contributed by atoms with Crippen LogP contribution in [-0.4, -0.2) is 26.2 Å². The maximum atomic E-state index is 11.2. The molecule has 1 N–H and O–H groups in total. The third-order valence-corrected chi connectivity index (χ3v) is 4.04. The minimum Gasteiger partial charge on any atom is -0.466 e. The predicted molar refractivity (Wildman–Crippen MR) is 74.4 cm³/mol. The van der Waals surface area contributed by atoms with E-state index >= 15 is 0 Å². The Morgan fingerprint density at radius 3 is 2.44 bits per heavy atom. The van der Waals surface area contributed by atoms with Gasteiger partial charge in [0.15, 0.2) is 0 Å². The van der Waals surface area contributed by atoms with Crippen LogP contribution in [0.3, 0.4) is 0 Å². The molecule has 0 aromatic rings. The van der Waals surface area contributed by atoms with Crippen molar-refractivity contribution in [2.45, 2.75) is 46.0 Å². The van der Waals surface area contributed by atoms with Crippen LogP contribution in [0.2, 0.25) is 0 Å². The number of nitrogens with one attached hydrogen (secondary N) is 1. The Kier molecular flexibility index (Phi) is 7.02. The van der Waals surface area contributed by atoms with Gasteiger partial charge in [-0.05, 0) is 38.1 Å². The first-order valence-corrected chi connectivity index (χ1v) is 7.13. The van der Waals surface area contributed by atoms with Crippen LogP contribution in [0.4, 0.5) is 0 Å². The second-order valence-corrected chi connectivity index (χ2v) is 5.33. The molecule has 0 atom stereocenters. The van der Waals surface area contributed by atoms with E-state index in [4.69, 9.17) is 0 Å². The van der Waals surface area contributed by atoms with Crippen molar-refractivity contribution in [1.29, 1.82) is 0 Å². The predicted octanol–water partition coefficient (Wildman–Crippen LogP) is 2.91. The van der Waals surface area contributed by atoms with Gasteiger partial charge in [0.25, 0.3) is 0 Å². The molecule has 18 heavy (non-hydrogen) atoms. The topological polar surface area (TPSA) is 38.3 Å². The summed E-state index contributed by atoms with van der Waals surface area (Å²) in [6.45, 7) is 5.92. The van der Waals surface area contributed by atoms with Gasteiger partial charge in [0.2, 0.25) is 0 Å². The van der Waals surface area contributed by atoms with Crippen molar-refractivity contribution in [2.75, 3.05) is 20.2 Å². The molecule has 0 saturated heterocycles. The van der Waals surface area contributed by atoms with Gasteiger partial charge in [-0.2, -0.15) is 0 Å². The van der Waals surface area contributed by atoms with Crippen LogP contribution in [0, 0.1) is 11.8 Å². The molecule has 1 fully saturated rings. The summed E-state index contributed by atoms with van der Waals surface area (Å²) in [5.74, 6) is 1.54. The molecule has 0 radical (unpaired) electrons. The molecule has 0 amide bonds. The minimum absolute atomic E-state index is 0.236. The number of carbonyl (C=O) groups is 1. The fraction of sp³-hybridized carbons (Fsp3) is 0.800. The summed E-state index contributed by atoms with van der Waals surface area (Å²) in [7, 11) is 1.42. The van der Waals surface area contributed by atoms with Crippen LogP contribution in [0.25, 0.3) is 0 Å². The molecule has 1 rings (SSSR count). The van der Waals surface area contributed by atoms with E-state index in [0.717, 1.165) is 24.9 Å². The molecule has 0 spiro atoms. The zero-order chi connectivity index (χ0) is 13.4. The molecular formula is C15H27NO2. The summed E-state index contributed by atoms with van der Waals surface area (Å²) in [6, 6.07) is 0. The Balaban J connectivity index is 2.13. The Morgan fingerprint density at radius 2 is 1.89 bits per heavy atom. The SMILES string of the molecule is CCC1CCC(CNC/C=C(/C)C(=O)OC)CC1. The second-order valence-electron chi connectivity index (χ2n) is 5.33. The van der Waals surface area contributed by atoms with Gasteiger partial charge < -0.3 is 10.1 Å². The summed E-state index contributed by atoms with van der Waals surface area (Å²) in [5.41, 5.74) is 0.680. The fourth-order valence-electron chi connectivity index (χ4n) is 2.60. The molecule has 0 bridgehead atoms. The van der Waals surface area contributed by atoms with E-state index in [0.29, 0.717) is 5.57 Å². The lowest BCUT2D eigenvalue weighted by molar-refractivity contribution is -0.136. The first kappa shape index (κ1) is 15.2. The molecule has 3 nitrogen and oxygen atoms in total. The van der Waals surface area contributed by atoms with Gasteiger partial charge in [0.05, 0.1) is 7.11 Å². The number of hydrogen-bond acceptors (Lipinski definition) is 3. The lowest BCUT2D eigenvalue weighted by atomic mass is 9.81.